The third kappa shape index (κ3) is 3.66. The Morgan fingerprint density at radius 1 is 1.16 bits per heavy atom. The smallest absolute Gasteiger partial charge is 0.133 e. The van der Waals surface area contributed by atoms with Crippen LogP contribution in [0.2, 0.25) is 0 Å². The van der Waals surface area contributed by atoms with Gasteiger partial charge < -0.3 is 10.6 Å². The first kappa shape index (κ1) is 14.3. The summed E-state index contributed by atoms with van der Waals surface area (Å²) in [6, 6.07) is 0. The van der Waals surface area contributed by atoms with Gasteiger partial charge in [-0.3, -0.25) is 0 Å². The molecule has 4 nitrogen and oxygen atoms in total. The Morgan fingerprint density at radius 2 is 1.89 bits per heavy atom. The highest BCUT2D eigenvalue weighted by atomic mass is 15.0. The van der Waals surface area contributed by atoms with Gasteiger partial charge >= 0.3 is 0 Å². The van der Waals surface area contributed by atoms with Crippen molar-refractivity contribution in [2.75, 3.05) is 25.0 Å². The van der Waals surface area contributed by atoms with Gasteiger partial charge in [0.05, 0.1) is 0 Å². The van der Waals surface area contributed by atoms with Crippen molar-refractivity contribution in [1.82, 2.24) is 15.3 Å². The van der Waals surface area contributed by atoms with Crippen LogP contribution in [-0.4, -0.2) is 29.6 Å². The molecule has 1 aliphatic rings. The monoisotopic (exact) mass is 262 g/mol. The molecule has 1 aliphatic heterocycles. The van der Waals surface area contributed by atoms with Gasteiger partial charge in [-0.2, -0.15) is 0 Å². The van der Waals surface area contributed by atoms with Crippen molar-refractivity contribution in [3.05, 3.63) is 17.1 Å². The van der Waals surface area contributed by atoms with Crippen LogP contribution in [0.25, 0.3) is 0 Å². The molecule has 1 saturated heterocycles. The molecule has 0 atom stereocenters. The number of nitrogens with one attached hydrogen (secondary N) is 2. The van der Waals surface area contributed by atoms with E-state index in [1.54, 1.807) is 0 Å². The lowest BCUT2D eigenvalue weighted by molar-refractivity contribution is 0.389. The van der Waals surface area contributed by atoms with E-state index in [9.17, 15) is 0 Å². The summed E-state index contributed by atoms with van der Waals surface area (Å²) in [7, 11) is 0. The fourth-order valence-electron chi connectivity index (χ4n) is 2.71. The molecule has 2 heterocycles. The summed E-state index contributed by atoms with van der Waals surface area (Å²) >= 11 is 0. The second-order valence-corrected chi connectivity index (χ2v) is 5.33. The number of nitrogens with zero attached hydrogens (tertiary/aromatic N) is 2. The normalized spacial score (nSPS) is 16.6. The largest absolute Gasteiger partial charge is 0.369 e. The zero-order chi connectivity index (χ0) is 13.7. The summed E-state index contributed by atoms with van der Waals surface area (Å²) in [4.78, 5) is 9.23. The van der Waals surface area contributed by atoms with Crippen LogP contribution in [0.3, 0.4) is 0 Å². The first-order valence-electron chi connectivity index (χ1n) is 7.55. The van der Waals surface area contributed by atoms with Gasteiger partial charge in [-0.15, -0.1) is 0 Å². The number of anilines is 1. The molecular weight excluding hydrogens is 236 g/mol. The van der Waals surface area contributed by atoms with Crippen molar-refractivity contribution < 1.29 is 0 Å². The molecule has 0 spiro atoms. The minimum absolute atomic E-state index is 0.770. The van der Waals surface area contributed by atoms with E-state index in [4.69, 9.17) is 0 Å². The SMILES string of the molecule is CCc1nc(C)c(CC)c(NCC2CCNCC2)n1. The van der Waals surface area contributed by atoms with Crippen LogP contribution in [0, 0.1) is 12.8 Å². The molecule has 4 heteroatoms. The van der Waals surface area contributed by atoms with Crippen LogP contribution < -0.4 is 10.6 Å². The predicted molar refractivity (Wildman–Crippen MR) is 79.6 cm³/mol. The van der Waals surface area contributed by atoms with Crippen LogP contribution in [-0.2, 0) is 12.8 Å². The number of aromatic nitrogens is 2. The Morgan fingerprint density at radius 3 is 2.53 bits per heavy atom. The van der Waals surface area contributed by atoms with Crippen molar-refractivity contribution in [2.24, 2.45) is 5.92 Å². The summed E-state index contributed by atoms with van der Waals surface area (Å²) in [6.45, 7) is 9.71. The van der Waals surface area contributed by atoms with Crippen molar-refractivity contribution in [3.8, 4) is 0 Å². The van der Waals surface area contributed by atoms with Gasteiger partial charge in [-0.1, -0.05) is 13.8 Å². The molecular formula is C15H26N4. The molecule has 1 fully saturated rings. The number of hydrogen-bond donors (Lipinski definition) is 2. The Balaban J connectivity index is 2.06. The van der Waals surface area contributed by atoms with Gasteiger partial charge in [0.25, 0.3) is 0 Å². The maximum Gasteiger partial charge on any atom is 0.133 e. The maximum absolute atomic E-state index is 4.67. The lowest BCUT2D eigenvalue weighted by atomic mass is 9.98. The molecule has 1 aromatic heterocycles. The Hall–Kier alpha value is -1.16. The van der Waals surface area contributed by atoms with Crippen molar-refractivity contribution in [1.29, 1.82) is 0 Å². The second-order valence-electron chi connectivity index (χ2n) is 5.33. The van der Waals surface area contributed by atoms with Crippen molar-refractivity contribution >= 4 is 5.82 Å². The molecule has 0 saturated carbocycles. The van der Waals surface area contributed by atoms with Crippen LogP contribution in [0.4, 0.5) is 5.82 Å². The fraction of sp³-hybridized carbons (Fsp3) is 0.733. The zero-order valence-corrected chi connectivity index (χ0v) is 12.4. The number of aryl methyl sites for hydroxylation is 2. The van der Waals surface area contributed by atoms with E-state index in [-0.39, 0.29) is 0 Å². The number of piperidine rings is 1. The average Bonchev–Trinajstić information content (AvgIpc) is 2.45. The van der Waals surface area contributed by atoms with E-state index in [2.05, 4.69) is 41.4 Å². The summed E-state index contributed by atoms with van der Waals surface area (Å²) in [5.41, 5.74) is 2.40. The quantitative estimate of drug-likeness (QED) is 0.855. The minimum Gasteiger partial charge on any atom is -0.369 e. The third-order valence-electron chi connectivity index (χ3n) is 3.95. The molecule has 0 aliphatic carbocycles. The molecule has 2 N–H and O–H groups in total. The Bertz CT molecular complexity index is 411. The van der Waals surface area contributed by atoms with Gasteiger partial charge in [0.1, 0.15) is 11.6 Å². The molecule has 19 heavy (non-hydrogen) atoms. The lowest BCUT2D eigenvalue weighted by Crippen LogP contribution is -2.31. The van der Waals surface area contributed by atoms with E-state index in [0.717, 1.165) is 55.7 Å². The lowest BCUT2D eigenvalue weighted by Gasteiger charge is -2.23. The molecule has 0 amide bonds. The van der Waals surface area contributed by atoms with Gasteiger partial charge in [0.2, 0.25) is 0 Å². The van der Waals surface area contributed by atoms with E-state index >= 15 is 0 Å². The summed E-state index contributed by atoms with van der Waals surface area (Å²) < 4.78 is 0. The van der Waals surface area contributed by atoms with Crippen molar-refractivity contribution in [2.45, 2.75) is 46.5 Å². The predicted octanol–water partition coefficient (Wildman–Crippen LogP) is 2.32. The van der Waals surface area contributed by atoms with E-state index in [1.165, 1.54) is 18.4 Å². The number of hydrogen-bond acceptors (Lipinski definition) is 4. The molecule has 0 bridgehead atoms. The first-order valence-corrected chi connectivity index (χ1v) is 7.55. The Kier molecular flexibility index (Phi) is 5.14. The Labute approximate surface area is 116 Å². The van der Waals surface area contributed by atoms with Gasteiger partial charge in [-0.05, 0) is 45.2 Å². The molecule has 0 aromatic carbocycles. The summed E-state index contributed by atoms with van der Waals surface area (Å²) in [5, 5.41) is 6.98. The van der Waals surface area contributed by atoms with E-state index < -0.39 is 0 Å². The second kappa shape index (κ2) is 6.85. The summed E-state index contributed by atoms with van der Waals surface area (Å²) in [5.74, 6) is 2.78. The van der Waals surface area contributed by atoms with E-state index in [0.29, 0.717) is 0 Å². The van der Waals surface area contributed by atoms with Crippen LogP contribution in [0.5, 0.6) is 0 Å². The molecule has 0 unspecified atom stereocenters. The zero-order valence-electron chi connectivity index (χ0n) is 12.4. The molecule has 1 aromatic rings. The van der Waals surface area contributed by atoms with Gasteiger partial charge in [0, 0.05) is 24.2 Å². The highest BCUT2D eigenvalue weighted by molar-refractivity contribution is 5.46. The highest BCUT2D eigenvalue weighted by Gasteiger charge is 2.15. The van der Waals surface area contributed by atoms with E-state index in [1.807, 2.05) is 0 Å². The molecule has 2 rings (SSSR count). The maximum atomic E-state index is 4.67. The van der Waals surface area contributed by atoms with Crippen LogP contribution in [0.1, 0.15) is 43.8 Å². The van der Waals surface area contributed by atoms with Crippen LogP contribution in [0.15, 0.2) is 0 Å². The van der Waals surface area contributed by atoms with Crippen LogP contribution >= 0.6 is 0 Å². The highest BCUT2D eigenvalue weighted by Crippen LogP contribution is 2.19. The topological polar surface area (TPSA) is 49.8 Å². The van der Waals surface area contributed by atoms with Gasteiger partial charge in [0.15, 0.2) is 0 Å². The van der Waals surface area contributed by atoms with Gasteiger partial charge in [-0.25, -0.2) is 9.97 Å². The minimum atomic E-state index is 0.770. The number of rotatable bonds is 5. The molecule has 106 valence electrons. The first-order chi connectivity index (χ1) is 9.24. The average molecular weight is 262 g/mol. The summed E-state index contributed by atoms with van der Waals surface area (Å²) in [6.07, 6.45) is 4.41. The molecule has 0 radical (unpaired) electrons. The third-order valence-corrected chi connectivity index (χ3v) is 3.95. The van der Waals surface area contributed by atoms with Crippen molar-refractivity contribution in [3.63, 3.8) is 0 Å². The fourth-order valence-corrected chi connectivity index (χ4v) is 2.71. The standard InChI is InChI=1S/C15H26N4/c1-4-13-11(3)18-14(5-2)19-15(13)17-10-12-6-8-16-9-7-12/h12,16H,4-10H2,1-3H3,(H,17,18,19).